The van der Waals surface area contributed by atoms with Gasteiger partial charge in [-0.1, -0.05) is 35.5 Å². The Labute approximate surface area is 56.6 Å². The monoisotopic (exact) mass is 120 g/mol. The Morgan fingerprint density at radius 3 is 2.89 bits per heavy atom. The Kier molecular flexibility index (Phi) is 1.88. The zero-order valence-corrected chi connectivity index (χ0v) is 6.02. The highest BCUT2D eigenvalue weighted by Crippen LogP contribution is 2.09. The molecule has 1 rings (SSSR count). The van der Waals surface area contributed by atoms with Gasteiger partial charge in [-0.05, 0) is 20.3 Å². The lowest BCUT2D eigenvalue weighted by Crippen LogP contribution is -1.70. The highest BCUT2D eigenvalue weighted by Gasteiger charge is 1.89. The van der Waals surface area contributed by atoms with E-state index < -0.39 is 0 Å². The van der Waals surface area contributed by atoms with E-state index in [1.165, 1.54) is 11.1 Å². The van der Waals surface area contributed by atoms with Gasteiger partial charge in [-0.25, -0.2) is 0 Å². The molecule has 1 aliphatic carbocycles. The van der Waals surface area contributed by atoms with Crippen molar-refractivity contribution < 1.29 is 0 Å². The smallest absolute Gasteiger partial charge is 0.0135 e. The molecule has 0 aromatic rings. The summed E-state index contributed by atoms with van der Waals surface area (Å²) >= 11 is 0. The summed E-state index contributed by atoms with van der Waals surface area (Å²) in [6.45, 7) is 4.28. The van der Waals surface area contributed by atoms with Crippen LogP contribution in [0.3, 0.4) is 0 Å². The first-order valence-electron chi connectivity index (χ1n) is 3.29. The summed E-state index contributed by atoms with van der Waals surface area (Å²) in [5, 5.41) is 0. The second-order valence-corrected chi connectivity index (χ2v) is 2.53. The predicted octanol–water partition coefficient (Wildman–Crippen LogP) is 2.84. The lowest BCUT2D eigenvalue weighted by Gasteiger charge is -1.91. The van der Waals surface area contributed by atoms with E-state index in [4.69, 9.17) is 0 Å². The maximum Gasteiger partial charge on any atom is -0.0135 e. The molecule has 0 saturated heterocycles. The van der Waals surface area contributed by atoms with E-state index in [0.29, 0.717) is 0 Å². The summed E-state index contributed by atoms with van der Waals surface area (Å²) in [6, 6.07) is 0. The van der Waals surface area contributed by atoms with Gasteiger partial charge in [0.2, 0.25) is 0 Å². The van der Waals surface area contributed by atoms with Gasteiger partial charge in [-0.15, -0.1) is 0 Å². The normalized spacial score (nSPS) is 18.4. The van der Waals surface area contributed by atoms with Gasteiger partial charge in [0.05, 0.1) is 0 Å². The number of hydrogen-bond acceptors (Lipinski definition) is 0. The Morgan fingerprint density at radius 1 is 1.33 bits per heavy atom. The minimum absolute atomic E-state index is 1.10. The molecule has 0 aliphatic heterocycles. The fourth-order valence-electron chi connectivity index (χ4n) is 0.969. The first-order chi connectivity index (χ1) is 4.29. The van der Waals surface area contributed by atoms with Crippen LogP contribution >= 0.6 is 0 Å². The van der Waals surface area contributed by atoms with E-state index >= 15 is 0 Å². The van der Waals surface area contributed by atoms with Crippen molar-refractivity contribution in [1.82, 2.24) is 0 Å². The molecular weight excluding hydrogens is 108 g/mol. The van der Waals surface area contributed by atoms with E-state index in [1.807, 2.05) is 0 Å². The van der Waals surface area contributed by atoms with E-state index in [1.54, 1.807) is 0 Å². The molecule has 9 heavy (non-hydrogen) atoms. The third-order valence-electron chi connectivity index (χ3n) is 1.41. The second-order valence-electron chi connectivity index (χ2n) is 2.53. The van der Waals surface area contributed by atoms with Crippen LogP contribution < -0.4 is 0 Å². The molecular formula is C9H12. The van der Waals surface area contributed by atoms with Crippen molar-refractivity contribution in [1.29, 1.82) is 0 Å². The summed E-state index contributed by atoms with van der Waals surface area (Å²) < 4.78 is 0. The third-order valence-corrected chi connectivity index (χ3v) is 1.41. The summed E-state index contributed by atoms with van der Waals surface area (Å²) in [4.78, 5) is 0. The minimum atomic E-state index is 1.10. The summed E-state index contributed by atoms with van der Waals surface area (Å²) in [5.41, 5.74) is 2.79. The van der Waals surface area contributed by atoms with Crippen LogP contribution in [0.2, 0.25) is 0 Å². The van der Waals surface area contributed by atoms with Gasteiger partial charge in [0, 0.05) is 0 Å². The van der Waals surface area contributed by atoms with Gasteiger partial charge in [-0.3, -0.25) is 0 Å². The largest absolute Gasteiger partial charge is 0.0805 e. The zero-order chi connectivity index (χ0) is 6.69. The average molecular weight is 120 g/mol. The van der Waals surface area contributed by atoms with Crippen LogP contribution in [0, 0.1) is 0 Å². The molecule has 0 bridgehead atoms. The van der Waals surface area contributed by atoms with Gasteiger partial charge in [-0.2, -0.15) is 0 Å². The lowest BCUT2D eigenvalue weighted by atomic mass is 10.2. The number of rotatable bonds is 0. The molecule has 1 aliphatic rings. The topological polar surface area (TPSA) is 0 Å². The molecule has 48 valence electrons. The molecule has 0 heterocycles. The quantitative estimate of drug-likeness (QED) is 0.461. The van der Waals surface area contributed by atoms with Crippen molar-refractivity contribution >= 4 is 0 Å². The molecule has 0 amide bonds. The van der Waals surface area contributed by atoms with Crippen molar-refractivity contribution in [2.75, 3.05) is 0 Å². The van der Waals surface area contributed by atoms with Crippen LogP contribution in [-0.2, 0) is 0 Å². The van der Waals surface area contributed by atoms with Crippen molar-refractivity contribution in [2.45, 2.75) is 20.3 Å². The standard InChI is InChI=1S/C9H12/c1-8-5-3-4-6-9(2)7-8/h3-5,7H,6H2,1-2H3. The summed E-state index contributed by atoms with van der Waals surface area (Å²) in [7, 11) is 0. The Balaban J connectivity index is 2.82. The van der Waals surface area contributed by atoms with E-state index in [9.17, 15) is 0 Å². The van der Waals surface area contributed by atoms with E-state index in [2.05, 4.69) is 38.2 Å². The molecule has 0 spiro atoms. The molecule has 0 aromatic heterocycles. The highest BCUT2D eigenvalue weighted by molar-refractivity contribution is 5.29. The Morgan fingerprint density at radius 2 is 2.11 bits per heavy atom. The molecule has 0 N–H and O–H groups in total. The lowest BCUT2D eigenvalue weighted by molar-refractivity contribution is 1.21. The average Bonchev–Trinajstić information content (AvgIpc) is 1.93. The van der Waals surface area contributed by atoms with Gasteiger partial charge >= 0.3 is 0 Å². The molecule has 0 aromatic carbocycles. The van der Waals surface area contributed by atoms with Crippen LogP contribution in [0.1, 0.15) is 20.3 Å². The molecule has 0 fully saturated rings. The van der Waals surface area contributed by atoms with Crippen LogP contribution in [0.25, 0.3) is 0 Å². The third kappa shape index (κ3) is 1.88. The molecule has 0 radical (unpaired) electrons. The van der Waals surface area contributed by atoms with Crippen molar-refractivity contribution in [3.63, 3.8) is 0 Å². The van der Waals surface area contributed by atoms with Crippen molar-refractivity contribution in [3.05, 3.63) is 35.5 Å². The number of allylic oxidation sites excluding steroid dienone is 6. The first kappa shape index (κ1) is 6.34. The van der Waals surface area contributed by atoms with Crippen LogP contribution in [0.4, 0.5) is 0 Å². The molecule has 0 unspecified atom stereocenters. The van der Waals surface area contributed by atoms with Gasteiger partial charge in [0.15, 0.2) is 0 Å². The van der Waals surface area contributed by atoms with Crippen molar-refractivity contribution in [2.24, 2.45) is 0 Å². The molecule has 0 nitrogen and oxygen atoms in total. The summed E-state index contributed by atoms with van der Waals surface area (Å²) in [5.74, 6) is 0. The van der Waals surface area contributed by atoms with Crippen LogP contribution in [-0.4, -0.2) is 0 Å². The van der Waals surface area contributed by atoms with Crippen LogP contribution in [0.5, 0.6) is 0 Å². The molecule has 0 saturated carbocycles. The van der Waals surface area contributed by atoms with Crippen molar-refractivity contribution in [3.8, 4) is 0 Å². The Bertz CT molecular complexity index is 180. The highest BCUT2D eigenvalue weighted by atomic mass is 14.0. The second kappa shape index (κ2) is 2.67. The predicted molar refractivity (Wildman–Crippen MR) is 41.3 cm³/mol. The molecule has 0 heteroatoms. The molecule has 0 atom stereocenters. The van der Waals surface area contributed by atoms with E-state index in [-0.39, 0.29) is 0 Å². The van der Waals surface area contributed by atoms with E-state index in [0.717, 1.165) is 6.42 Å². The fraction of sp³-hybridized carbons (Fsp3) is 0.333. The Hall–Kier alpha value is -0.780. The van der Waals surface area contributed by atoms with Gasteiger partial charge in [0.25, 0.3) is 0 Å². The number of hydrogen-bond donors (Lipinski definition) is 0. The van der Waals surface area contributed by atoms with Gasteiger partial charge < -0.3 is 0 Å². The minimum Gasteiger partial charge on any atom is -0.0805 e. The first-order valence-corrected chi connectivity index (χ1v) is 3.29. The van der Waals surface area contributed by atoms with Crippen LogP contribution in [0.15, 0.2) is 35.5 Å². The maximum absolute atomic E-state index is 2.22. The SMILES string of the molecule is CC1=CC=CCC(C)=C1. The zero-order valence-electron chi connectivity index (χ0n) is 6.02. The van der Waals surface area contributed by atoms with Gasteiger partial charge in [0.1, 0.15) is 0 Å². The summed E-state index contributed by atoms with van der Waals surface area (Å²) in [6.07, 6.45) is 9.76. The fourth-order valence-corrected chi connectivity index (χ4v) is 0.969. The maximum atomic E-state index is 2.22.